The molecule has 3 fully saturated rings. The fraction of sp³-hybridized carbons (Fsp3) is 0.455. The molecule has 2 aromatic heterocycles. The maximum absolute atomic E-state index is 13.5. The minimum Gasteiger partial charge on any atom is -0.354 e. The molecule has 162 valence electrons. The Morgan fingerprint density at radius 3 is 2.68 bits per heavy atom. The molecule has 5 rings (SSSR count). The number of anilines is 1. The van der Waals surface area contributed by atoms with Crippen molar-refractivity contribution in [1.82, 2.24) is 14.3 Å². The van der Waals surface area contributed by atoms with Gasteiger partial charge in [0, 0.05) is 36.8 Å². The van der Waals surface area contributed by atoms with E-state index in [-0.39, 0.29) is 17.5 Å². The van der Waals surface area contributed by atoms with Crippen LogP contribution in [0.2, 0.25) is 0 Å². The van der Waals surface area contributed by atoms with Crippen molar-refractivity contribution < 1.29 is 4.79 Å². The van der Waals surface area contributed by atoms with Crippen LogP contribution in [0.3, 0.4) is 0 Å². The van der Waals surface area contributed by atoms with E-state index in [4.69, 9.17) is 17.2 Å². The van der Waals surface area contributed by atoms with E-state index in [0.29, 0.717) is 26.3 Å². The predicted molar refractivity (Wildman–Crippen MR) is 133 cm³/mol. The molecule has 6 nitrogen and oxygen atoms in total. The SMILES string of the molecule is Cc1cccn2c(=O)c(C=C3SC(=S)N(C4CCCC4)C3=O)c(N3CCSCC3)nc12. The van der Waals surface area contributed by atoms with Crippen LogP contribution in [0.5, 0.6) is 0 Å². The predicted octanol–water partition coefficient (Wildman–Crippen LogP) is 3.70. The van der Waals surface area contributed by atoms with Gasteiger partial charge in [-0.3, -0.25) is 18.9 Å². The third-order valence-electron chi connectivity index (χ3n) is 6.16. The van der Waals surface area contributed by atoms with Gasteiger partial charge in [0.1, 0.15) is 15.8 Å². The second-order valence-electron chi connectivity index (χ2n) is 8.13. The lowest BCUT2D eigenvalue weighted by Gasteiger charge is -2.29. The number of carbonyl (C=O) groups is 1. The number of carbonyl (C=O) groups excluding carboxylic acids is 1. The van der Waals surface area contributed by atoms with Gasteiger partial charge < -0.3 is 4.90 Å². The Labute approximate surface area is 195 Å². The molecular formula is C22H24N4O2S3. The summed E-state index contributed by atoms with van der Waals surface area (Å²) in [5.41, 5.74) is 1.94. The third-order valence-corrected chi connectivity index (χ3v) is 8.44. The Balaban J connectivity index is 1.63. The van der Waals surface area contributed by atoms with Gasteiger partial charge in [0.05, 0.1) is 10.5 Å². The molecule has 1 aliphatic carbocycles. The molecule has 9 heteroatoms. The number of aryl methyl sites for hydroxylation is 1. The first-order valence-electron chi connectivity index (χ1n) is 10.7. The Morgan fingerprint density at radius 1 is 1.19 bits per heavy atom. The van der Waals surface area contributed by atoms with Crippen LogP contribution in [0.4, 0.5) is 5.82 Å². The molecule has 0 bridgehead atoms. The third kappa shape index (κ3) is 3.81. The Hall–Kier alpha value is -1.84. The molecule has 4 heterocycles. The zero-order valence-corrected chi connectivity index (χ0v) is 19.8. The highest BCUT2D eigenvalue weighted by Crippen LogP contribution is 2.38. The van der Waals surface area contributed by atoms with Crippen molar-refractivity contribution in [1.29, 1.82) is 0 Å². The van der Waals surface area contributed by atoms with Crippen molar-refractivity contribution >= 4 is 63.5 Å². The van der Waals surface area contributed by atoms with Crippen LogP contribution in [-0.4, -0.2) is 55.1 Å². The van der Waals surface area contributed by atoms with E-state index >= 15 is 0 Å². The number of pyridine rings is 1. The zero-order valence-electron chi connectivity index (χ0n) is 17.4. The molecule has 0 radical (unpaired) electrons. The molecule has 1 amide bonds. The first-order chi connectivity index (χ1) is 15.0. The fourth-order valence-electron chi connectivity index (χ4n) is 4.53. The summed E-state index contributed by atoms with van der Waals surface area (Å²) in [5.74, 6) is 2.59. The van der Waals surface area contributed by atoms with Crippen LogP contribution in [0, 0.1) is 6.92 Å². The summed E-state index contributed by atoms with van der Waals surface area (Å²) < 4.78 is 2.19. The van der Waals surface area contributed by atoms with E-state index < -0.39 is 0 Å². The lowest BCUT2D eigenvalue weighted by molar-refractivity contribution is -0.123. The van der Waals surface area contributed by atoms with Crippen molar-refractivity contribution in [3.63, 3.8) is 0 Å². The summed E-state index contributed by atoms with van der Waals surface area (Å²) >= 11 is 8.76. The number of fused-ring (bicyclic) bond motifs is 1. The first kappa shape index (κ1) is 21.0. The minimum absolute atomic E-state index is 0.0733. The molecule has 0 aromatic carbocycles. The van der Waals surface area contributed by atoms with E-state index in [0.717, 1.165) is 55.8 Å². The van der Waals surface area contributed by atoms with Gasteiger partial charge in [-0.15, -0.1) is 0 Å². The second-order valence-corrected chi connectivity index (χ2v) is 11.0. The smallest absolute Gasteiger partial charge is 0.267 e. The molecule has 0 unspecified atom stereocenters. The number of thiocarbonyl (C=S) groups is 1. The highest BCUT2D eigenvalue weighted by atomic mass is 32.2. The lowest BCUT2D eigenvalue weighted by atomic mass is 10.2. The minimum atomic E-state index is -0.145. The van der Waals surface area contributed by atoms with E-state index in [1.54, 1.807) is 21.6 Å². The van der Waals surface area contributed by atoms with Gasteiger partial charge in [-0.05, 0) is 37.5 Å². The van der Waals surface area contributed by atoms with Crippen molar-refractivity contribution in [3.8, 4) is 0 Å². The van der Waals surface area contributed by atoms with Crippen LogP contribution in [-0.2, 0) is 4.79 Å². The zero-order chi connectivity index (χ0) is 21.5. The summed E-state index contributed by atoms with van der Waals surface area (Å²) in [7, 11) is 0. The summed E-state index contributed by atoms with van der Waals surface area (Å²) in [5, 5.41) is 0. The van der Waals surface area contributed by atoms with Gasteiger partial charge in [0.15, 0.2) is 0 Å². The van der Waals surface area contributed by atoms with Crippen molar-refractivity contribution in [2.75, 3.05) is 29.5 Å². The first-order valence-corrected chi connectivity index (χ1v) is 13.0. The van der Waals surface area contributed by atoms with Gasteiger partial charge in [-0.2, -0.15) is 11.8 Å². The van der Waals surface area contributed by atoms with Crippen LogP contribution < -0.4 is 10.5 Å². The van der Waals surface area contributed by atoms with E-state index in [9.17, 15) is 9.59 Å². The summed E-state index contributed by atoms with van der Waals surface area (Å²) in [6.07, 6.45) is 7.73. The van der Waals surface area contributed by atoms with Crippen LogP contribution in [0.1, 0.15) is 36.8 Å². The highest BCUT2D eigenvalue weighted by molar-refractivity contribution is 8.26. The van der Waals surface area contributed by atoms with Crippen LogP contribution in [0.15, 0.2) is 28.0 Å². The van der Waals surface area contributed by atoms with Crippen molar-refractivity contribution in [3.05, 3.63) is 44.7 Å². The number of rotatable bonds is 3. The maximum atomic E-state index is 13.5. The molecule has 2 aliphatic heterocycles. The molecule has 0 atom stereocenters. The maximum Gasteiger partial charge on any atom is 0.267 e. The number of aromatic nitrogens is 2. The number of thioether (sulfide) groups is 2. The molecule has 1 saturated carbocycles. The van der Waals surface area contributed by atoms with Crippen LogP contribution >= 0.6 is 35.7 Å². The average Bonchev–Trinajstić information content (AvgIpc) is 3.39. The monoisotopic (exact) mass is 472 g/mol. The van der Waals surface area contributed by atoms with Gasteiger partial charge >= 0.3 is 0 Å². The van der Waals surface area contributed by atoms with Crippen molar-refractivity contribution in [2.24, 2.45) is 0 Å². The largest absolute Gasteiger partial charge is 0.354 e. The van der Waals surface area contributed by atoms with Gasteiger partial charge in [0.25, 0.3) is 11.5 Å². The molecule has 3 aliphatic rings. The number of hydrogen-bond donors (Lipinski definition) is 0. The van der Waals surface area contributed by atoms with E-state index in [2.05, 4.69) is 4.90 Å². The molecular weight excluding hydrogens is 448 g/mol. The standard InChI is InChI=1S/C22H24N4O2S3/c1-14-5-4-8-25-18(14)23-19(24-9-11-30-12-10-24)16(20(25)27)13-17-21(28)26(22(29)31-17)15-6-2-3-7-15/h4-5,8,13,15H,2-3,6-7,9-12H2,1H3. The van der Waals surface area contributed by atoms with E-state index in [1.165, 1.54) is 11.8 Å². The normalized spacial score (nSPS) is 21.8. The Morgan fingerprint density at radius 2 is 1.94 bits per heavy atom. The quantitative estimate of drug-likeness (QED) is 0.499. The summed E-state index contributed by atoms with van der Waals surface area (Å²) in [6, 6.07) is 4.01. The van der Waals surface area contributed by atoms with Gasteiger partial charge in [-0.1, -0.05) is 42.9 Å². The molecule has 31 heavy (non-hydrogen) atoms. The number of amides is 1. The molecule has 0 N–H and O–H groups in total. The molecule has 2 saturated heterocycles. The van der Waals surface area contributed by atoms with Crippen molar-refractivity contribution in [2.45, 2.75) is 38.6 Å². The van der Waals surface area contributed by atoms with Gasteiger partial charge in [0.2, 0.25) is 0 Å². The molecule has 0 spiro atoms. The number of hydrogen-bond acceptors (Lipinski definition) is 7. The lowest BCUT2D eigenvalue weighted by Crippen LogP contribution is -2.37. The fourth-order valence-corrected chi connectivity index (χ4v) is 6.82. The average molecular weight is 473 g/mol. The Kier molecular flexibility index (Phi) is 5.83. The second kappa shape index (κ2) is 8.60. The number of nitrogens with zero attached hydrogens (tertiary/aromatic N) is 4. The van der Waals surface area contributed by atoms with Crippen LogP contribution in [0.25, 0.3) is 11.7 Å². The highest BCUT2D eigenvalue weighted by Gasteiger charge is 2.38. The van der Waals surface area contributed by atoms with Gasteiger partial charge in [-0.25, -0.2) is 4.98 Å². The Bertz CT molecular complexity index is 1150. The summed E-state index contributed by atoms with van der Waals surface area (Å²) in [6.45, 7) is 3.63. The molecule has 2 aromatic rings. The topological polar surface area (TPSA) is 57.9 Å². The van der Waals surface area contributed by atoms with E-state index in [1.807, 2.05) is 30.8 Å². The summed E-state index contributed by atoms with van der Waals surface area (Å²) in [4.78, 5) is 36.1.